The zero-order valence-corrected chi connectivity index (χ0v) is 8.93. The molecule has 1 saturated carbocycles. The zero-order valence-electron chi connectivity index (χ0n) is 8.93. The van der Waals surface area contributed by atoms with E-state index >= 15 is 0 Å². The van der Waals surface area contributed by atoms with Gasteiger partial charge in [0.05, 0.1) is 28.2 Å². The van der Waals surface area contributed by atoms with Crippen molar-refractivity contribution in [3.8, 4) is 0 Å². The fourth-order valence-electron chi connectivity index (χ4n) is 1.90. The number of hydrogen-bond acceptors (Lipinski definition) is 2. The maximum Gasteiger partial charge on any atom is 0.308 e. The number of hydrogen-bond donors (Lipinski definition) is 0. The van der Waals surface area contributed by atoms with Crippen molar-refractivity contribution in [1.29, 1.82) is 0 Å². The molecule has 2 nitrogen and oxygen atoms in total. The highest BCUT2D eigenvalue weighted by molar-refractivity contribution is 6.39. The molecule has 0 atom stereocenters. The SMILES string of the molecule is BC1(B)CCC(C(=O)OCC)CC1. The predicted octanol–water partition coefficient (Wildman–Crippen LogP) is 0.122. The van der Waals surface area contributed by atoms with Gasteiger partial charge in [0.2, 0.25) is 0 Å². The Morgan fingerprint density at radius 1 is 1.46 bits per heavy atom. The smallest absolute Gasteiger partial charge is 0.308 e. The van der Waals surface area contributed by atoms with E-state index in [-0.39, 0.29) is 11.9 Å². The first-order chi connectivity index (χ1) is 6.05. The number of carbonyl (C=O) groups excluding carboxylic acids is 1. The molecule has 13 heavy (non-hydrogen) atoms. The molecule has 0 aromatic carbocycles. The Morgan fingerprint density at radius 2 is 2.00 bits per heavy atom. The minimum Gasteiger partial charge on any atom is -0.466 e. The molecule has 72 valence electrons. The Labute approximate surface area is 82.2 Å². The van der Waals surface area contributed by atoms with Crippen molar-refractivity contribution in [3.05, 3.63) is 0 Å². The minimum absolute atomic E-state index is 0.0120. The van der Waals surface area contributed by atoms with Crippen LogP contribution in [0.1, 0.15) is 32.6 Å². The summed E-state index contributed by atoms with van der Waals surface area (Å²) >= 11 is 0. The molecule has 0 saturated heterocycles. The van der Waals surface area contributed by atoms with Gasteiger partial charge in [-0.3, -0.25) is 4.79 Å². The van der Waals surface area contributed by atoms with Gasteiger partial charge in [0.15, 0.2) is 0 Å². The first kappa shape index (κ1) is 10.7. The second kappa shape index (κ2) is 4.21. The van der Waals surface area contributed by atoms with Gasteiger partial charge in [0.1, 0.15) is 0 Å². The van der Waals surface area contributed by atoms with Gasteiger partial charge in [-0.15, -0.1) is 0 Å². The summed E-state index contributed by atoms with van der Waals surface area (Å²) in [4.78, 5) is 11.4. The van der Waals surface area contributed by atoms with E-state index < -0.39 is 0 Å². The van der Waals surface area contributed by atoms with Crippen LogP contribution in [-0.4, -0.2) is 28.3 Å². The summed E-state index contributed by atoms with van der Waals surface area (Å²) in [5.74, 6) is 0.186. The Hall–Kier alpha value is -0.400. The van der Waals surface area contributed by atoms with Crippen molar-refractivity contribution < 1.29 is 9.53 Å². The normalized spacial score (nSPS) is 22.5. The standard InChI is InChI=1S/C9H18B2O2/c1-2-13-8(12)7-3-5-9(10,11)6-4-7/h7H,2-6,10-11H2,1H3. The molecule has 0 amide bonds. The number of esters is 1. The van der Waals surface area contributed by atoms with Gasteiger partial charge in [-0.05, 0) is 19.8 Å². The van der Waals surface area contributed by atoms with Gasteiger partial charge >= 0.3 is 5.97 Å². The van der Waals surface area contributed by atoms with E-state index in [2.05, 4.69) is 15.7 Å². The molecule has 1 fully saturated rings. The molecule has 4 heteroatoms. The van der Waals surface area contributed by atoms with Crippen LogP contribution in [0.15, 0.2) is 0 Å². The van der Waals surface area contributed by atoms with Crippen molar-refractivity contribution in [2.75, 3.05) is 6.61 Å². The van der Waals surface area contributed by atoms with Crippen molar-refractivity contribution in [3.63, 3.8) is 0 Å². The van der Waals surface area contributed by atoms with Crippen LogP contribution in [0, 0.1) is 5.92 Å². The molecular weight excluding hydrogens is 162 g/mol. The third-order valence-corrected chi connectivity index (χ3v) is 2.96. The molecule has 0 spiro atoms. The largest absolute Gasteiger partial charge is 0.466 e. The molecule has 0 radical (unpaired) electrons. The van der Waals surface area contributed by atoms with Gasteiger partial charge in [-0.2, -0.15) is 0 Å². The number of ether oxygens (including phenoxy) is 1. The quantitative estimate of drug-likeness (QED) is 0.445. The summed E-state index contributed by atoms with van der Waals surface area (Å²) in [5.41, 5.74) is 0. The Balaban J connectivity index is 2.36. The number of carbonyl (C=O) groups is 1. The predicted molar refractivity (Wildman–Crippen MR) is 58.4 cm³/mol. The summed E-state index contributed by atoms with van der Waals surface area (Å²) in [6.45, 7) is 2.38. The molecule has 1 aliphatic rings. The van der Waals surface area contributed by atoms with Gasteiger partial charge in [-0.25, -0.2) is 0 Å². The van der Waals surface area contributed by atoms with Crippen LogP contribution in [0.4, 0.5) is 0 Å². The third kappa shape index (κ3) is 3.09. The molecular formula is C9H18B2O2. The van der Waals surface area contributed by atoms with Crippen LogP contribution in [-0.2, 0) is 9.53 Å². The average molecular weight is 180 g/mol. The van der Waals surface area contributed by atoms with E-state index in [4.69, 9.17) is 4.74 Å². The highest BCUT2D eigenvalue weighted by Crippen LogP contribution is 2.39. The molecule has 0 heterocycles. The zero-order chi connectivity index (χ0) is 9.90. The Bertz CT molecular complexity index is 182. The summed E-state index contributed by atoms with van der Waals surface area (Å²) in [6, 6.07) is 0. The Morgan fingerprint density at radius 3 is 2.46 bits per heavy atom. The lowest BCUT2D eigenvalue weighted by molar-refractivity contribution is -0.149. The summed E-state index contributed by atoms with van der Waals surface area (Å²) in [6.07, 6.45) is 4.31. The van der Waals surface area contributed by atoms with Crippen LogP contribution in [0.3, 0.4) is 0 Å². The fourth-order valence-corrected chi connectivity index (χ4v) is 1.90. The van der Waals surface area contributed by atoms with Gasteiger partial charge in [-0.1, -0.05) is 18.1 Å². The molecule has 0 N–H and O–H groups in total. The first-order valence-corrected chi connectivity index (χ1v) is 5.22. The van der Waals surface area contributed by atoms with Crippen LogP contribution in [0.25, 0.3) is 0 Å². The van der Waals surface area contributed by atoms with E-state index in [1.807, 2.05) is 6.92 Å². The summed E-state index contributed by atoms with van der Waals surface area (Å²) in [7, 11) is 4.54. The van der Waals surface area contributed by atoms with Crippen molar-refractivity contribution in [2.45, 2.75) is 37.8 Å². The van der Waals surface area contributed by atoms with E-state index in [1.54, 1.807) is 0 Å². The van der Waals surface area contributed by atoms with E-state index in [1.165, 1.54) is 0 Å². The van der Waals surface area contributed by atoms with E-state index in [0.717, 1.165) is 25.7 Å². The van der Waals surface area contributed by atoms with Gasteiger partial charge < -0.3 is 4.74 Å². The van der Waals surface area contributed by atoms with Crippen molar-refractivity contribution >= 4 is 21.7 Å². The minimum atomic E-state index is 0.0120. The van der Waals surface area contributed by atoms with Gasteiger partial charge in [0, 0.05) is 0 Å². The lowest BCUT2D eigenvalue weighted by atomic mass is 9.47. The second-order valence-corrected chi connectivity index (χ2v) is 4.69. The van der Waals surface area contributed by atoms with Crippen molar-refractivity contribution in [1.82, 2.24) is 0 Å². The maximum absolute atomic E-state index is 11.4. The molecule has 0 aromatic heterocycles. The lowest BCUT2D eigenvalue weighted by Crippen LogP contribution is -2.27. The molecule has 0 bridgehead atoms. The highest BCUT2D eigenvalue weighted by atomic mass is 16.5. The van der Waals surface area contributed by atoms with Crippen molar-refractivity contribution in [2.24, 2.45) is 5.92 Å². The first-order valence-electron chi connectivity index (χ1n) is 5.22. The molecule has 0 aromatic rings. The maximum atomic E-state index is 11.4. The van der Waals surface area contributed by atoms with Crippen LogP contribution in [0.2, 0.25) is 5.21 Å². The van der Waals surface area contributed by atoms with Gasteiger partial charge in [0.25, 0.3) is 0 Å². The highest BCUT2D eigenvalue weighted by Gasteiger charge is 2.30. The van der Waals surface area contributed by atoms with E-state index in [9.17, 15) is 4.79 Å². The van der Waals surface area contributed by atoms with Crippen LogP contribution < -0.4 is 0 Å². The Kier molecular flexibility index (Phi) is 3.46. The lowest BCUT2D eigenvalue weighted by Gasteiger charge is -2.33. The molecule has 1 aliphatic carbocycles. The fraction of sp³-hybridized carbons (Fsp3) is 0.889. The molecule has 1 rings (SSSR count). The number of rotatable bonds is 2. The topological polar surface area (TPSA) is 26.3 Å². The molecule has 0 unspecified atom stereocenters. The van der Waals surface area contributed by atoms with Crippen LogP contribution >= 0.6 is 0 Å². The average Bonchev–Trinajstić information content (AvgIpc) is 2.04. The third-order valence-electron chi connectivity index (χ3n) is 2.96. The van der Waals surface area contributed by atoms with E-state index in [0.29, 0.717) is 11.8 Å². The summed E-state index contributed by atoms with van der Waals surface area (Å²) < 4.78 is 5.01. The van der Waals surface area contributed by atoms with Crippen LogP contribution in [0.5, 0.6) is 0 Å². The molecule has 0 aliphatic heterocycles. The summed E-state index contributed by atoms with van der Waals surface area (Å²) in [5, 5.41) is 0.434. The second-order valence-electron chi connectivity index (χ2n) is 4.69. The monoisotopic (exact) mass is 180 g/mol.